The average molecular weight is 310 g/mol. The van der Waals surface area contributed by atoms with Crippen molar-refractivity contribution in [3.05, 3.63) is 41.2 Å². The zero-order chi connectivity index (χ0) is 14.5. The molecule has 20 heavy (non-hydrogen) atoms. The number of benzene rings is 1. The highest BCUT2D eigenvalue weighted by Crippen LogP contribution is 2.30. The third kappa shape index (κ3) is 4.54. The van der Waals surface area contributed by atoms with Crippen molar-refractivity contribution in [2.24, 2.45) is 13.0 Å². The van der Waals surface area contributed by atoms with E-state index in [1.54, 1.807) is 16.4 Å². The summed E-state index contributed by atoms with van der Waals surface area (Å²) in [6, 6.07) is 6.22. The van der Waals surface area contributed by atoms with Gasteiger partial charge in [-0.3, -0.25) is 4.68 Å². The van der Waals surface area contributed by atoms with Gasteiger partial charge in [-0.25, -0.2) is 0 Å². The van der Waals surface area contributed by atoms with Gasteiger partial charge in [0.1, 0.15) is 0 Å². The van der Waals surface area contributed by atoms with E-state index in [1.807, 2.05) is 25.5 Å². The predicted octanol–water partition coefficient (Wildman–Crippen LogP) is 3.97. The quantitative estimate of drug-likeness (QED) is 0.875. The van der Waals surface area contributed by atoms with Crippen LogP contribution < -0.4 is 5.32 Å². The highest BCUT2D eigenvalue weighted by Gasteiger charge is 2.05. The van der Waals surface area contributed by atoms with Crippen LogP contribution in [-0.4, -0.2) is 16.3 Å². The maximum Gasteiger partial charge on any atom is 0.0629 e. The number of aryl methyl sites for hydroxylation is 1. The number of hydrogen-bond acceptors (Lipinski definition) is 3. The van der Waals surface area contributed by atoms with Gasteiger partial charge in [0, 0.05) is 29.7 Å². The number of nitrogens with one attached hydrogen (secondary N) is 1. The first-order valence-corrected chi connectivity index (χ1v) is 7.89. The van der Waals surface area contributed by atoms with Crippen molar-refractivity contribution in [1.82, 2.24) is 15.1 Å². The van der Waals surface area contributed by atoms with Crippen molar-refractivity contribution in [2.75, 3.05) is 6.54 Å². The maximum atomic E-state index is 6.34. The molecule has 0 bridgehead atoms. The van der Waals surface area contributed by atoms with Crippen LogP contribution in [0.25, 0.3) is 0 Å². The molecule has 0 fully saturated rings. The van der Waals surface area contributed by atoms with E-state index in [4.69, 9.17) is 11.6 Å². The third-order valence-corrected chi connectivity index (χ3v) is 4.10. The second-order valence-corrected chi connectivity index (χ2v) is 6.78. The molecule has 0 atom stereocenters. The minimum atomic E-state index is 0.647. The van der Waals surface area contributed by atoms with E-state index < -0.39 is 0 Å². The van der Waals surface area contributed by atoms with E-state index >= 15 is 0 Å². The molecule has 1 N–H and O–H groups in total. The molecule has 0 saturated heterocycles. The van der Waals surface area contributed by atoms with Gasteiger partial charge in [-0.2, -0.15) is 5.10 Å². The molecule has 0 aliphatic heterocycles. The first-order valence-electron chi connectivity index (χ1n) is 6.70. The van der Waals surface area contributed by atoms with Crippen molar-refractivity contribution < 1.29 is 0 Å². The maximum absolute atomic E-state index is 6.34. The first-order chi connectivity index (χ1) is 9.54. The Labute approximate surface area is 129 Å². The standard InChI is InChI=1S/C15H20ClN3S/c1-11(2)7-17-8-12-4-5-13(6-15(12)16)20-14-9-18-19(3)10-14/h4-6,9-11,17H,7-8H2,1-3H3. The van der Waals surface area contributed by atoms with E-state index in [0.29, 0.717) is 5.92 Å². The molecular formula is C15H20ClN3S. The van der Waals surface area contributed by atoms with Gasteiger partial charge >= 0.3 is 0 Å². The largest absolute Gasteiger partial charge is 0.312 e. The summed E-state index contributed by atoms with van der Waals surface area (Å²) in [5, 5.41) is 8.39. The van der Waals surface area contributed by atoms with Crippen LogP contribution in [0.1, 0.15) is 19.4 Å². The second kappa shape index (κ2) is 7.16. The highest BCUT2D eigenvalue weighted by molar-refractivity contribution is 7.99. The first kappa shape index (κ1) is 15.4. The number of aromatic nitrogens is 2. The molecule has 1 aromatic heterocycles. The Balaban J connectivity index is 1.98. The minimum Gasteiger partial charge on any atom is -0.312 e. The molecule has 3 nitrogen and oxygen atoms in total. The summed E-state index contributed by atoms with van der Waals surface area (Å²) in [7, 11) is 1.92. The van der Waals surface area contributed by atoms with Gasteiger partial charge in [0.05, 0.1) is 11.1 Å². The lowest BCUT2D eigenvalue weighted by atomic mass is 10.2. The van der Waals surface area contributed by atoms with Crippen molar-refractivity contribution in [3.63, 3.8) is 0 Å². The van der Waals surface area contributed by atoms with Gasteiger partial charge in [0.25, 0.3) is 0 Å². The molecule has 5 heteroatoms. The van der Waals surface area contributed by atoms with Crippen LogP contribution in [0.2, 0.25) is 5.02 Å². The summed E-state index contributed by atoms with van der Waals surface area (Å²) in [4.78, 5) is 2.25. The van der Waals surface area contributed by atoms with Crippen molar-refractivity contribution >= 4 is 23.4 Å². The summed E-state index contributed by atoms with van der Waals surface area (Å²) >= 11 is 8.01. The molecule has 2 aromatic rings. The molecule has 0 aliphatic rings. The minimum absolute atomic E-state index is 0.647. The van der Waals surface area contributed by atoms with Gasteiger partial charge in [0.15, 0.2) is 0 Å². The monoisotopic (exact) mass is 309 g/mol. The smallest absolute Gasteiger partial charge is 0.0629 e. The highest BCUT2D eigenvalue weighted by atomic mass is 35.5. The van der Waals surface area contributed by atoms with E-state index in [1.165, 1.54) is 0 Å². The van der Waals surface area contributed by atoms with Gasteiger partial charge in [-0.15, -0.1) is 0 Å². The lowest BCUT2D eigenvalue weighted by molar-refractivity contribution is 0.552. The van der Waals surface area contributed by atoms with Gasteiger partial charge < -0.3 is 5.32 Å². The Kier molecular flexibility index (Phi) is 5.52. The molecule has 2 rings (SSSR count). The zero-order valence-corrected chi connectivity index (χ0v) is 13.6. The van der Waals surface area contributed by atoms with Crippen LogP contribution in [-0.2, 0) is 13.6 Å². The van der Waals surface area contributed by atoms with Gasteiger partial charge in [0.2, 0.25) is 0 Å². The van der Waals surface area contributed by atoms with E-state index in [2.05, 4.69) is 36.4 Å². The lowest BCUT2D eigenvalue weighted by Crippen LogP contribution is -2.19. The molecule has 108 valence electrons. The number of halogens is 1. The van der Waals surface area contributed by atoms with Gasteiger partial charge in [-0.05, 0) is 30.2 Å². The van der Waals surface area contributed by atoms with Crippen molar-refractivity contribution in [2.45, 2.75) is 30.2 Å². The summed E-state index contributed by atoms with van der Waals surface area (Å²) in [5.74, 6) is 0.647. The normalized spacial score (nSPS) is 11.2. The molecule has 0 aliphatic carbocycles. The molecule has 0 amide bonds. The molecule has 1 heterocycles. The topological polar surface area (TPSA) is 29.9 Å². The third-order valence-electron chi connectivity index (χ3n) is 2.81. The molecule has 1 aromatic carbocycles. The Morgan fingerprint density at radius 2 is 2.15 bits per heavy atom. The number of nitrogens with zero attached hydrogens (tertiary/aromatic N) is 2. The fourth-order valence-corrected chi connectivity index (χ4v) is 3.02. The van der Waals surface area contributed by atoms with Crippen LogP contribution in [0, 0.1) is 5.92 Å². The molecule has 0 spiro atoms. The lowest BCUT2D eigenvalue weighted by Gasteiger charge is -2.09. The van der Waals surface area contributed by atoms with Crippen LogP contribution >= 0.6 is 23.4 Å². The Bertz CT molecular complexity index is 566. The number of hydrogen-bond donors (Lipinski definition) is 1. The van der Waals surface area contributed by atoms with Crippen LogP contribution in [0.3, 0.4) is 0 Å². The summed E-state index contributed by atoms with van der Waals surface area (Å²) < 4.78 is 1.80. The van der Waals surface area contributed by atoms with Crippen LogP contribution in [0.4, 0.5) is 0 Å². The predicted molar refractivity (Wildman–Crippen MR) is 85.3 cm³/mol. The van der Waals surface area contributed by atoms with E-state index in [0.717, 1.165) is 33.5 Å². The summed E-state index contributed by atoms with van der Waals surface area (Å²) in [6.07, 6.45) is 3.85. The second-order valence-electron chi connectivity index (χ2n) is 5.23. The Hall–Kier alpha value is -0.970. The average Bonchev–Trinajstić information content (AvgIpc) is 2.77. The molecule has 0 unspecified atom stereocenters. The van der Waals surface area contributed by atoms with Crippen molar-refractivity contribution in [3.8, 4) is 0 Å². The van der Waals surface area contributed by atoms with Gasteiger partial charge in [-0.1, -0.05) is 43.3 Å². The van der Waals surface area contributed by atoms with Crippen LogP contribution in [0.5, 0.6) is 0 Å². The molecule has 0 radical (unpaired) electrons. The Morgan fingerprint density at radius 3 is 2.75 bits per heavy atom. The zero-order valence-electron chi connectivity index (χ0n) is 12.1. The Morgan fingerprint density at radius 1 is 1.35 bits per heavy atom. The van der Waals surface area contributed by atoms with Crippen LogP contribution in [0.15, 0.2) is 40.4 Å². The summed E-state index contributed by atoms with van der Waals surface area (Å²) in [5.41, 5.74) is 1.14. The molecular weight excluding hydrogens is 290 g/mol. The fraction of sp³-hybridized carbons (Fsp3) is 0.400. The number of rotatable bonds is 6. The summed E-state index contributed by atoms with van der Waals surface area (Å²) in [6.45, 7) is 6.21. The SMILES string of the molecule is CC(C)CNCc1ccc(Sc2cnn(C)c2)cc1Cl. The fourth-order valence-electron chi connectivity index (χ4n) is 1.82. The van der Waals surface area contributed by atoms with Crippen molar-refractivity contribution in [1.29, 1.82) is 0 Å². The van der Waals surface area contributed by atoms with E-state index in [-0.39, 0.29) is 0 Å². The van der Waals surface area contributed by atoms with E-state index in [9.17, 15) is 0 Å². The molecule has 0 saturated carbocycles.